The van der Waals surface area contributed by atoms with Gasteiger partial charge in [-0.15, -0.1) is 11.3 Å². The van der Waals surface area contributed by atoms with Crippen molar-refractivity contribution < 1.29 is 4.79 Å². The van der Waals surface area contributed by atoms with Crippen LogP contribution in [-0.2, 0) is 11.2 Å². The Morgan fingerprint density at radius 3 is 3.00 bits per heavy atom. The first-order chi connectivity index (χ1) is 8.47. The third-order valence-corrected chi connectivity index (χ3v) is 4.48. The van der Waals surface area contributed by atoms with E-state index in [0.29, 0.717) is 11.6 Å². The zero-order chi connectivity index (χ0) is 13.2. The first-order valence-electron chi connectivity index (χ1n) is 6.46. The Labute approximate surface area is 112 Å². The molecule has 4 nitrogen and oxygen atoms in total. The maximum Gasteiger partial charge on any atom is 0.226 e. The molecule has 1 aromatic heterocycles. The molecule has 1 unspecified atom stereocenters. The second-order valence-corrected chi connectivity index (χ2v) is 6.60. The van der Waals surface area contributed by atoms with Crippen LogP contribution in [0.2, 0.25) is 0 Å². The topological polar surface area (TPSA) is 68.0 Å². The molecule has 1 atom stereocenters. The highest BCUT2D eigenvalue weighted by atomic mass is 32.1. The minimum atomic E-state index is 0.0558. The SMILES string of the molecule is CC1(C)CCCCC1NC(=O)Cc1csc(N)n1. The standard InChI is InChI=1S/C13H21N3OS/c1-13(2)6-4-3-5-10(13)16-11(17)7-9-8-18-12(14)15-9/h8,10H,3-7H2,1-2H3,(H2,14,15)(H,16,17). The maximum absolute atomic E-state index is 12.0. The summed E-state index contributed by atoms with van der Waals surface area (Å²) in [5, 5.41) is 5.52. The molecule has 1 aliphatic rings. The van der Waals surface area contributed by atoms with Crippen LogP contribution in [0.25, 0.3) is 0 Å². The number of hydrogen-bond acceptors (Lipinski definition) is 4. The molecule has 1 fully saturated rings. The molecule has 0 aromatic carbocycles. The fourth-order valence-corrected chi connectivity index (χ4v) is 3.14. The molecule has 0 saturated heterocycles. The molecular formula is C13H21N3OS. The van der Waals surface area contributed by atoms with E-state index < -0.39 is 0 Å². The van der Waals surface area contributed by atoms with Crippen molar-refractivity contribution in [3.63, 3.8) is 0 Å². The normalized spacial score (nSPS) is 22.7. The zero-order valence-corrected chi connectivity index (χ0v) is 11.8. The number of carbonyl (C=O) groups excluding carboxylic acids is 1. The molecule has 5 heteroatoms. The molecule has 0 bridgehead atoms. The van der Waals surface area contributed by atoms with Crippen LogP contribution in [0.3, 0.4) is 0 Å². The van der Waals surface area contributed by atoms with Crippen molar-refractivity contribution in [2.45, 2.75) is 52.0 Å². The van der Waals surface area contributed by atoms with Crippen LogP contribution in [0.5, 0.6) is 0 Å². The Morgan fingerprint density at radius 2 is 2.39 bits per heavy atom. The highest BCUT2D eigenvalue weighted by Gasteiger charge is 2.33. The number of nitrogens with two attached hydrogens (primary N) is 1. The molecule has 3 N–H and O–H groups in total. The van der Waals surface area contributed by atoms with Crippen LogP contribution in [0, 0.1) is 5.41 Å². The first kappa shape index (κ1) is 13.3. The van der Waals surface area contributed by atoms with E-state index in [-0.39, 0.29) is 17.4 Å². The summed E-state index contributed by atoms with van der Waals surface area (Å²) < 4.78 is 0. The quantitative estimate of drug-likeness (QED) is 0.883. The van der Waals surface area contributed by atoms with Crippen molar-refractivity contribution in [3.05, 3.63) is 11.1 Å². The van der Waals surface area contributed by atoms with E-state index in [0.717, 1.165) is 12.1 Å². The number of nitrogens with one attached hydrogen (secondary N) is 1. The van der Waals surface area contributed by atoms with Crippen molar-refractivity contribution in [2.24, 2.45) is 5.41 Å². The third kappa shape index (κ3) is 3.22. The fraction of sp³-hybridized carbons (Fsp3) is 0.692. The van der Waals surface area contributed by atoms with Crippen LogP contribution in [-0.4, -0.2) is 16.9 Å². The lowest BCUT2D eigenvalue weighted by atomic mass is 9.73. The van der Waals surface area contributed by atoms with Crippen molar-refractivity contribution in [2.75, 3.05) is 5.73 Å². The Bertz CT molecular complexity index is 428. The molecule has 100 valence electrons. The third-order valence-electron chi connectivity index (χ3n) is 3.75. The minimum absolute atomic E-state index is 0.0558. The van der Waals surface area contributed by atoms with E-state index in [4.69, 9.17) is 5.73 Å². The van der Waals surface area contributed by atoms with Gasteiger partial charge in [-0.1, -0.05) is 26.7 Å². The van der Waals surface area contributed by atoms with Crippen molar-refractivity contribution in [1.82, 2.24) is 10.3 Å². The smallest absolute Gasteiger partial charge is 0.226 e. The summed E-state index contributed by atoms with van der Waals surface area (Å²) >= 11 is 1.38. The number of nitrogen functional groups attached to an aromatic ring is 1. The van der Waals surface area contributed by atoms with Gasteiger partial charge in [-0.05, 0) is 18.3 Å². The number of aromatic nitrogens is 1. The van der Waals surface area contributed by atoms with E-state index in [9.17, 15) is 4.79 Å². The van der Waals surface area contributed by atoms with Crippen molar-refractivity contribution in [1.29, 1.82) is 0 Å². The minimum Gasteiger partial charge on any atom is -0.375 e. The van der Waals surface area contributed by atoms with Crippen LogP contribution in [0.1, 0.15) is 45.2 Å². The number of amides is 1. The molecular weight excluding hydrogens is 246 g/mol. The molecule has 1 heterocycles. The van der Waals surface area contributed by atoms with Gasteiger partial charge in [-0.3, -0.25) is 4.79 Å². The molecule has 0 spiro atoms. The predicted molar refractivity (Wildman–Crippen MR) is 74.4 cm³/mol. The average Bonchev–Trinajstić information content (AvgIpc) is 2.67. The molecule has 1 aromatic rings. The Hall–Kier alpha value is -1.10. The monoisotopic (exact) mass is 267 g/mol. The lowest BCUT2D eigenvalue weighted by Gasteiger charge is -2.39. The van der Waals surface area contributed by atoms with Gasteiger partial charge in [0.1, 0.15) is 0 Å². The van der Waals surface area contributed by atoms with E-state index in [1.54, 1.807) is 0 Å². The van der Waals surface area contributed by atoms with Gasteiger partial charge in [0.2, 0.25) is 5.91 Å². The highest BCUT2D eigenvalue weighted by molar-refractivity contribution is 7.13. The van der Waals surface area contributed by atoms with Gasteiger partial charge < -0.3 is 11.1 Å². The van der Waals surface area contributed by atoms with Gasteiger partial charge in [-0.2, -0.15) is 0 Å². The molecule has 0 radical (unpaired) electrons. The lowest BCUT2D eigenvalue weighted by molar-refractivity contribution is -0.122. The summed E-state index contributed by atoms with van der Waals surface area (Å²) in [6.45, 7) is 4.47. The largest absolute Gasteiger partial charge is 0.375 e. The molecule has 1 aliphatic carbocycles. The van der Waals surface area contributed by atoms with Gasteiger partial charge in [0, 0.05) is 11.4 Å². The highest BCUT2D eigenvalue weighted by Crippen LogP contribution is 2.35. The van der Waals surface area contributed by atoms with Gasteiger partial charge >= 0.3 is 0 Å². The first-order valence-corrected chi connectivity index (χ1v) is 7.34. The Morgan fingerprint density at radius 1 is 1.61 bits per heavy atom. The summed E-state index contributed by atoms with van der Waals surface area (Å²) in [4.78, 5) is 16.1. The summed E-state index contributed by atoms with van der Waals surface area (Å²) in [5.74, 6) is 0.0558. The molecule has 0 aliphatic heterocycles. The Kier molecular flexibility index (Phi) is 3.90. The number of thiazole rings is 1. The zero-order valence-electron chi connectivity index (χ0n) is 11.0. The molecule has 2 rings (SSSR count). The summed E-state index contributed by atoms with van der Waals surface area (Å²) in [6, 6.07) is 0.287. The van der Waals surface area contributed by atoms with Crippen LogP contribution < -0.4 is 11.1 Å². The summed E-state index contributed by atoms with van der Waals surface area (Å²) in [5.41, 5.74) is 6.53. The molecule has 18 heavy (non-hydrogen) atoms. The van der Waals surface area contributed by atoms with Gasteiger partial charge in [0.15, 0.2) is 5.13 Å². The van der Waals surface area contributed by atoms with Crippen molar-refractivity contribution in [3.8, 4) is 0 Å². The van der Waals surface area contributed by atoms with Crippen molar-refractivity contribution >= 4 is 22.4 Å². The van der Waals surface area contributed by atoms with Crippen LogP contribution in [0.4, 0.5) is 5.13 Å². The van der Waals surface area contributed by atoms with Gasteiger partial charge in [-0.25, -0.2) is 4.98 Å². The van der Waals surface area contributed by atoms with E-state index in [2.05, 4.69) is 24.1 Å². The van der Waals surface area contributed by atoms with Gasteiger partial charge in [0.05, 0.1) is 12.1 Å². The number of nitrogens with zero attached hydrogens (tertiary/aromatic N) is 1. The van der Waals surface area contributed by atoms with Crippen LogP contribution >= 0.6 is 11.3 Å². The van der Waals surface area contributed by atoms with E-state index in [1.165, 1.54) is 30.6 Å². The lowest BCUT2D eigenvalue weighted by Crippen LogP contribution is -2.47. The number of carbonyl (C=O) groups is 1. The average molecular weight is 267 g/mol. The number of anilines is 1. The fourth-order valence-electron chi connectivity index (χ4n) is 2.58. The van der Waals surface area contributed by atoms with Crippen LogP contribution in [0.15, 0.2) is 5.38 Å². The number of hydrogen-bond donors (Lipinski definition) is 2. The molecule has 1 saturated carbocycles. The van der Waals surface area contributed by atoms with Gasteiger partial charge in [0.25, 0.3) is 0 Å². The summed E-state index contributed by atoms with van der Waals surface area (Å²) in [7, 11) is 0. The maximum atomic E-state index is 12.0. The second-order valence-electron chi connectivity index (χ2n) is 5.71. The van der Waals surface area contributed by atoms with E-state index >= 15 is 0 Å². The Balaban J connectivity index is 1.90. The second kappa shape index (κ2) is 5.26. The number of rotatable bonds is 3. The van der Waals surface area contributed by atoms with E-state index in [1.807, 2.05) is 5.38 Å². The predicted octanol–water partition coefficient (Wildman–Crippen LogP) is 2.35. The summed E-state index contributed by atoms with van der Waals surface area (Å²) in [6.07, 6.45) is 5.07. The molecule has 1 amide bonds.